The Balaban J connectivity index is 2.09. The van der Waals surface area contributed by atoms with Crippen LogP contribution in [0.15, 0.2) is 24.3 Å². The number of benzene rings is 1. The highest BCUT2D eigenvalue weighted by molar-refractivity contribution is 6.30. The third-order valence-corrected chi connectivity index (χ3v) is 4.60. The predicted octanol–water partition coefficient (Wildman–Crippen LogP) is 3.71. The van der Waals surface area contributed by atoms with Crippen LogP contribution in [0.1, 0.15) is 50.0 Å². The van der Waals surface area contributed by atoms with Gasteiger partial charge < -0.3 is 10.8 Å². The fourth-order valence-corrected chi connectivity index (χ4v) is 3.29. The molecule has 0 amide bonds. The molecule has 2 atom stereocenters. The van der Waals surface area contributed by atoms with Crippen LogP contribution in [0.4, 0.5) is 0 Å². The molecule has 0 aromatic heterocycles. The Morgan fingerprint density at radius 2 is 1.68 bits per heavy atom. The van der Waals surface area contributed by atoms with Crippen molar-refractivity contribution < 1.29 is 5.11 Å². The van der Waals surface area contributed by atoms with Crippen molar-refractivity contribution in [3.8, 4) is 0 Å². The minimum Gasteiger partial charge on any atom is -0.392 e. The molecule has 2 rings (SSSR count). The summed E-state index contributed by atoms with van der Waals surface area (Å²) in [4.78, 5) is 0. The highest BCUT2D eigenvalue weighted by Crippen LogP contribution is 2.32. The molecule has 0 aliphatic heterocycles. The van der Waals surface area contributed by atoms with E-state index in [2.05, 4.69) is 0 Å². The van der Waals surface area contributed by atoms with Gasteiger partial charge in [0.15, 0.2) is 0 Å². The Kier molecular flexibility index (Phi) is 5.68. The summed E-state index contributed by atoms with van der Waals surface area (Å²) in [6.07, 6.45) is 7.01. The van der Waals surface area contributed by atoms with Crippen molar-refractivity contribution in [2.75, 3.05) is 6.54 Å². The lowest BCUT2D eigenvalue weighted by atomic mass is 9.82. The van der Waals surface area contributed by atoms with Crippen LogP contribution < -0.4 is 5.73 Å². The molecule has 0 bridgehead atoms. The number of halogens is 1. The number of hydrogen-bond donors (Lipinski definition) is 2. The van der Waals surface area contributed by atoms with Crippen LogP contribution in [0.5, 0.6) is 0 Å². The first-order valence-electron chi connectivity index (χ1n) is 7.36. The van der Waals surface area contributed by atoms with Crippen molar-refractivity contribution in [3.63, 3.8) is 0 Å². The second-order valence-corrected chi connectivity index (χ2v) is 6.07. The highest BCUT2D eigenvalue weighted by atomic mass is 35.5. The number of rotatable bonds is 4. The van der Waals surface area contributed by atoms with Gasteiger partial charge in [-0.1, -0.05) is 49.4 Å². The molecule has 2 nitrogen and oxygen atoms in total. The first kappa shape index (κ1) is 14.8. The Bertz CT molecular complexity index is 371. The molecule has 0 radical (unpaired) electrons. The molecule has 1 aromatic carbocycles. The van der Waals surface area contributed by atoms with Crippen LogP contribution in [0.25, 0.3) is 0 Å². The lowest BCUT2D eigenvalue weighted by Gasteiger charge is -2.29. The van der Waals surface area contributed by atoms with Crippen molar-refractivity contribution in [1.82, 2.24) is 0 Å². The van der Waals surface area contributed by atoms with E-state index in [1.165, 1.54) is 25.7 Å². The van der Waals surface area contributed by atoms with Gasteiger partial charge in [0, 0.05) is 17.5 Å². The van der Waals surface area contributed by atoms with Gasteiger partial charge in [0.2, 0.25) is 0 Å². The summed E-state index contributed by atoms with van der Waals surface area (Å²) in [5.41, 5.74) is 7.00. The number of aliphatic hydroxyl groups is 1. The van der Waals surface area contributed by atoms with Crippen LogP contribution in [0, 0.1) is 5.92 Å². The zero-order valence-electron chi connectivity index (χ0n) is 11.4. The topological polar surface area (TPSA) is 46.2 Å². The van der Waals surface area contributed by atoms with Crippen molar-refractivity contribution in [1.29, 1.82) is 0 Å². The summed E-state index contributed by atoms with van der Waals surface area (Å²) in [5, 5.41) is 11.4. The normalized spacial score (nSPS) is 20.8. The van der Waals surface area contributed by atoms with E-state index in [1.54, 1.807) is 0 Å². The molecule has 3 N–H and O–H groups in total. The third-order valence-electron chi connectivity index (χ3n) is 4.35. The second-order valence-electron chi connectivity index (χ2n) is 5.64. The third kappa shape index (κ3) is 3.95. The van der Waals surface area contributed by atoms with Gasteiger partial charge in [-0.15, -0.1) is 0 Å². The molecule has 2 unspecified atom stereocenters. The molecular weight excluding hydrogens is 258 g/mol. The molecule has 0 heterocycles. The van der Waals surface area contributed by atoms with E-state index in [0.717, 1.165) is 23.4 Å². The first-order valence-corrected chi connectivity index (χ1v) is 7.73. The number of hydrogen-bond acceptors (Lipinski definition) is 2. The summed E-state index contributed by atoms with van der Waals surface area (Å²) in [6, 6.07) is 7.72. The van der Waals surface area contributed by atoms with Gasteiger partial charge >= 0.3 is 0 Å². The summed E-state index contributed by atoms with van der Waals surface area (Å²) >= 11 is 5.92. The molecule has 0 spiro atoms. The van der Waals surface area contributed by atoms with Crippen LogP contribution in [-0.2, 0) is 0 Å². The number of nitrogens with two attached hydrogens (primary N) is 1. The maximum absolute atomic E-state index is 10.7. The molecule has 1 aliphatic carbocycles. The number of aliphatic hydroxyl groups excluding tert-OH is 1. The van der Waals surface area contributed by atoms with Gasteiger partial charge in [-0.3, -0.25) is 0 Å². The Hall–Kier alpha value is -0.570. The van der Waals surface area contributed by atoms with E-state index in [4.69, 9.17) is 17.3 Å². The Morgan fingerprint density at radius 3 is 2.21 bits per heavy atom. The lowest BCUT2D eigenvalue weighted by molar-refractivity contribution is 0.0742. The van der Waals surface area contributed by atoms with E-state index in [1.807, 2.05) is 24.3 Å². The zero-order chi connectivity index (χ0) is 13.7. The van der Waals surface area contributed by atoms with Crippen molar-refractivity contribution >= 4 is 11.6 Å². The van der Waals surface area contributed by atoms with Crippen molar-refractivity contribution in [2.24, 2.45) is 11.7 Å². The molecule has 0 saturated heterocycles. The van der Waals surface area contributed by atoms with E-state index >= 15 is 0 Å². The molecular formula is C16H24ClNO. The highest BCUT2D eigenvalue weighted by Gasteiger charge is 2.28. The fraction of sp³-hybridized carbons (Fsp3) is 0.625. The summed E-state index contributed by atoms with van der Waals surface area (Å²) in [7, 11) is 0. The monoisotopic (exact) mass is 281 g/mol. The van der Waals surface area contributed by atoms with Crippen LogP contribution in [0.3, 0.4) is 0 Å². The molecule has 106 valence electrons. The van der Waals surface area contributed by atoms with E-state index < -0.39 is 0 Å². The predicted molar refractivity (Wildman–Crippen MR) is 80.4 cm³/mol. The van der Waals surface area contributed by atoms with E-state index in [9.17, 15) is 5.11 Å². The van der Waals surface area contributed by atoms with Crippen LogP contribution >= 0.6 is 11.6 Å². The molecule has 1 aromatic rings. The minimum atomic E-state index is -0.329. The van der Waals surface area contributed by atoms with Gasteiger partial charge in [-0.2, -0.15) is 0 Å². The molecule has 1 saturated carbocycles. The maximum Gasteiger partial charge on any atom is 0.0648 e. The first-order chi connectivity index (χ1) is 9.22. The summed E-state index contributed by atoms with van der Waals surface area (Å²) in [6.45, 7) is 0.485. The lowest BCUT2D eigenvalue weighted by Crippen LogP contribution is -2.32. The summed E-state index contributed by atoms with van der Waals surface area (Å²) in [5.74, 6) is 0.423. The quantitative estimate of drug-likeness (QED) is 0.827. The maximum atomic E-state index is 10.7. The van der Waals surface area contributed by atoms with Crippen LogP contribution in [0.2, 0.25) is 5.02 Å². The molecule has 1 aliphatic rings. The van der Waals surface area contributed by atoms with Gasteiger partial charge in [0.1, 0.15) is 0 Å². The van der Waals surface area contributed by atoms with Gasteiger partial charge in [-0.05, 0) is 36.5 Å². The zero-order valence-corrected chi connectivity index (χ0v) is 12.1. The summed E-state index contributed by atoms with van der Waals surface area (Å²) < 4.78 is 0. The molecule has 1 fully saturated rings. The average molecular weight is 282 g/mol. The average Bonchev–Trinajstić information content (AvgIpc) is 2.70. The Morgan fingerprint density at radius 1 is 1.11 bits per heavy atom. The van der Waals surface area contributed by atoms with Crippen molar-refractivity contribution in [3.05, 3.63) is 34.9 Å². The van der Waals surface area contributed by atoms with E-state index in [0.29, 0.717) is 12.5 Å². The standard InChI is InChI=1S/C16H24ClNO/c17-14-9-7-12(8-10-14)15(11-18)16(19)13-5-3-1-2-4-6-13/h7-10,13,15-16,19H,1-6,11,18H2. The van der Waals surface area contributed by atoms with Gasteiger partial charge in [0.25, 0.3) is 0 Å². The van der Waals surface area contributed by atoms with E-state index in [-0.39, 0.29) is 12.0 Å². The smallest absolute Gasteiger partial charge is 0.0648 e. The molecule has 19 heavy (non-hydrogen) atoms. The second kappa shape index (κ2) is 7.28. The Labute approximate surface area is 121 Å². The fourth-order valence-electron chi connectivity index (χ4n) is 3.16. The van der Waals surface area contributed by atoms with Crippen molar-refractivity contribution in [2.45, 2.75) is 50.5 Å². The molecule has 3 heteroatoms. The SMILES string of the molecule is NCC(c1ccc(Cl)cc1)C(O)C1CCCCCC1. The van der Waals surface area contributed by atoms with Gasteiger partial charge in [0.05, 0.1) is 6.10 Å². The van der Waals surface area contributed by atoms with Gasteiger partial charge in [-0.25, -0.2) is 0 Å². The minimum absolute atomic E-state index is 0.0281. The van der Waals surface area contributed by atoms with Crippen LogP contribution in [-0.4, -0.2) is 17.8 Å². The largest absolute Gasteiger partial charge is 0.392 e.